The van der Waals surface area contributed by atoms with Gasteiger partial charge in [0, 0.05) is 31.0 Å². The van der Waals surface area contributed by atoms with Crippen LogP contribution < -0.4 is 5.56 Å². The molecule has 5 nitrogen and oxygen atoms in total. The lowest BCUT2D eigenvalue weighted by atomic mass is 10.1. The highest BCUT2D eigenvalue weighted by Gasteiger charge is 2.10. The molecule has 24 heavy (non-hydrogen) atoms. The van der Waals surface area contributed by atoms with Crippen molar-refractivity contribution in [3.05, 3.63) is 76.4 Å². The highest BCUT2D eigenvalue weighted by molar-refractivity contribution is 5.83. The molecule has 0 amide bonds. The predicted molar refractivity (Wildman–Crippen MR) is 94.4 cm³/mol. The summed E-state index contributed by atoms with van der Waals surface area (Å²) < 4.78 is 3.73. The summed E-state index contributed by atoms with van der Waals surface area (Å²) in [6, 6.07) is 5.94. The number of fused-ring (bicyclic) bond motifs is 2. The van der Waals surface area contributed by atoms with Gasteiger partial charge in [-0.25, -0.2) is 4.98 Å². The molecule has 0 N–H and O–H groups in total. The van der Waals surface area contributed by atoms with Gasteiger partial charge in [-0.2, -0.15) is 0 Å². The van der Waals surface area contributed by atoms with E-state index in [-0.39, 0.29) is 5.56 Å². The van der Waals surface area contributed by atoms with Crippen LogP contribution in [0.15, 0.2) is 54.0 Å². The summed E-state index contributed by atoms with van der Waals surface area (Å²) in [5, 5.41) is 1.65. The summed E-state index contributed by atoms with van der Waals surface area (Å²) in [6.45, 7) is 4.60. The first kappa shape index (κ1) is 14.6. The van der Waals surface area contributed by atoms with Crippen LogP contribution in [0.5, 0.6) is 0 Å². The second-order valence-electron chi connectivity index (χ2n) is 6.07. The lowest BCUT2D eigenvalue weighted by molar-refractivity contribution is 0.744. The van der Waals surface area contributed by atoms with Crippen molar-refractivity contribution in [2.75, 3.05) is 0 Å². The zero-order chi connectivity index (χ0) is 16.7. The number of aryl methyl sites for hydroxylation is 2. The van der Waals surface area contributed by atoms with Gasteiger partial charge < -0.3 is 8.97 Å². The van der Waals surface area contributed by atoms with Gasteiger partial charge in [-0.3, -0.25) is 9.78 Å². The van der Waals surface area contributed by atoms with Crippen LogP contribution in [-0.4, -0.2) is 18.9 Å². The monoisotopic (exact) mass is 318 g/mol. The van der Waals surface area contributed by atoms with Gasteiger partial charge in [-0.1, -0.05) is 13.0 Å². The standard InChI is InChI=1S/C19H18N4O/c1-3-14-10-23(19(24)17-8-20-7-6-16(14)17)12-15-11-22-9-13(2)4-5-18(22)21-15/h4-11H,3,12H2,1-2H3. The van der Waals surface area contributed by atoms with E-state index in [2.05, 4.69) is 16.9 Å². The van der Waals surface area contributed by atoms with E-state index in [1.54, 1.807) is 17.0 Å². The predicted octanol–water partition coefficient (Wildman–Crippen LogP) is 2.96. The van der Waals surface area contributed by atoms with Crippen LogP contribution >= 0.6 is 0 Å². The number of imidazole rings is 1. The molecule has 120 valence electrons. The Morgan fingerprint density at radius 3 is 2.79 bits per heavy atom. The van der Waals surface area contributed by atoms with Crippen molar-refractivity contribution in [3.63, 3.8) is 0 Å². The highest BCUT2D eigenvalue weighted by atomic mass is 16.1. The molecule has 0 atom stereocenters. The van der Waals surface area contributed by atoms with E-state index in [1.165, 1.54) is 5.56 Å². The third-order valence-corrected chi connectivity index (χ3v) is 4.33. The molecule has 0 radical (unpaired) electrons. The Bertz CT molecular complexity index is 1110. The number of aromatic nitrogens is 4. The van der Waals surface area contributed by atoms with Crippen molar-refractivity contribution >= 4 is 16.4 Å². The van der Waals surface area contributed by atoms with E-state index in [4.69, 9.17) is 0 Å². The number of hydrogen-bond donors (Lipinski definition) is 0. The van der Waals surface area contributed by atoms with Gasteiger partial charge in [0.05, 0.1) is 17.6 Å². The van der Waals surface area contributed by atoms with Crippen LogP contribution in [0.1, 0.15) is 23.7 Å². The van der Waals surface area contributed by atoms with Crippen molar-refractivity contribution in [3.8, 4) is 0 Å². The lowest BCUT2D eigenvalue weighted by Crippen LogP contribution is -2.21. The van der Waals surface area contributed by atoms with Crippen LogP contribution in [0.3, 0.4) is 0 Å². The van der Waals surface area contributed by atoms with Gasteiger partial charge in [-0.05, 0) is 42.0 Å². The zero-order valence-corrected chi connectivity index (χ0v) is 13.7. The van der Waals surface area contributed by atoms with Gasteiger partial charge in [0.1, 0.15) is 5.65 Å². The molecular weight excluding hydrogens is 300 g/mol. The number of hydrogen-bond acceptors (Lipinski definition) is 3. The Morgan fingerprint density at radius 1 is 1.08 bits per heavy atom. The molecular formula is C19H18N4O. The van der Waals surface area contributed by atoms with Gasteiger partial charge in [0.15, 0.2) is 0 Å². The fourth-order valence-electron chi connectivity index (χ4n) is 3.12. The van der Waals surface area contributed by atoms with E-state index < -0.39 is 0 Å². The topological polar surface area (TPSA) is 52.2 Å². The molecule has 4 aromatic heterocycles. The first-order valence-electron chi connectivity index (χ1n) is 8.06. The minimum Gasteiger partial charge on any atom is -0.309 e. The summed E-state index contributed by atoms with van der Waals surface area (Å²) >= 11 is 0. The maximum absolute atomic E-state index is 12.8. The van der Waals surface area contributed by atoms with Gasteiger partial charge >= 0.3 is 0 Å². The van der Waals surface area contributed by atoms with E-state index in [0.717, 1.165) is 28.7 Å². The average Bonchev–Trinajstić information content (AvgIpc) is 2.99. The number of rotatable bonds is 3. The minimum atomic E-state index is -0.0245. The van der Waals surface area contributed by atoms with Crippen molar-refractivity contribution in [1.29, 1.82) is 0 Å². The maximum atomic E-state index is 12.8. The third kappa shape index (κ3) is 2.38. The smallest absolute Gasteiger partial charge is 0.260 e. The van der Waals surface area contributed by atoms with E-state index in [9.17, 15) is 4.79 Å². The molecule has 0 aliphatic carbocycles. The van der Waals surface area contributed by atoms with Crippen molar-refractivity contribution < 1.29 is 0 Å². The Hall–Kier alpha value is -2.95. The molecule has 4 aromatic rings. The lowest BCUT2D eigenvalue weighted by Gasteiger charge is -2.09. The minimum absolute atomic E-state index is 0.0245. The van der Waals surface area contributed by atoms with Crippen LogP contribution in [0, 0.1) is 6.92 Å². The Morgan fingerprint density at radius 2 is 1.96 bits per heavy atom. The fraction of sp³-hybridized carbons (Fsp3) is 0.211. The van der Waals surface area contributed by atoms with E-state index >= 15 is 0 Å². The second kappa shape index (κ2) is 5.60. The molecule has 5 heteroatoms. The van der Waals surface area contributed by atoms with Crippen LogP contribution in [-0.2, 0) is 13.0 Å². The molecule has 0 saturated heterocycles. The molecule has 0 spiro atoms. The molecule has 0 unspecified atom stereocenters. The Balaban J connectivity index is 1.83. The highest BCUT2D eigenvalue weighted by Crippen LogP contribution is 2.16. The van der Waals surface area contributed by atoms with Gasteiger partial charge in [0.25, 0.3) is 5.56 Å². The number of pyridine rings is 3. The summed E-state index contributed by atoms with van der Waals surface area (Å²) in [6.07, 6.45) is 10.2. The third-order valence-electron chi connectivity index (χ3n) is 4.33. The fourth-order valence-corrected chi connectivity index (χ4v) is 3.12. The van der Waals surface area contributed by atoms with E-state index in [0.29, 0.717) is 11.9 Å². The zero-order valence-electron chi connectivity index (χ0n) is 13.7. The average molecular weight is 318 g/mol. The van der Waals surface area contributed by atoms with E-state index in [1.807, 2.05) is 48.1 Å². The largest absolute Gasteiger partial charge is 0.309 e. The van der Waals surface area contributed by atoms with Crippen LogP contribution in [0.25, 0.3) is 16.4 Å². The van der Waals surface area contributed by atoms with Gasteiger partial charge in [0.2, 0.25) is 0 Å². The van der Waals surface area contributed by atoms with Crippen molar-refractivity contribution in [2.24, 2.45) is 0 Å². The molecule has 0 bridgehead atoms. The molecule has 0 aromatic carbocycles. The maximum Gasteiger partial charge on any atom is 0.260 e. The molecule has 0 aliphatic rings. The van der Waals surface area contributed by atoms with Crippen LogP contribution in [0.2, 0.25) is 0 Å². The quantitative estimate of drug-likeness (QED) is 0.583. The molecule has 0 saturated carbocycles. The Kier molecular flexibility index (Phi) is 3.41. The normalized spacial score (nSPS) is 11.4. The summed E-state index contributed by atoms with van der Waals surface area (Å²) in [5.74, 6) is 0. The molecule has 0 aliphatic heterocycles. The molecule has 0 fully saturated rings. The summed E-state index contributed by atoms with van der Waals surface area (Å²) in [4.78, 5) is 21.5. The second-order valence-corrected chi connectivity index (χ2v) is 6.07. The Labute approximate surface area is 139 Å². The molecule has 4 rings (SSSR count). The number of nitrogens with zero attached hydrogens (tertiary/aromatic N) is 4. The first-order valence-corrected chi connectivity index (χ1v) is 8.06. The SMILES string of the molecule is CCc1cn(Cc2cn3cc(C)ccc3n2)c(=O)c2cnccc12. The first-order chi connectivity index (χ1) is 11.7. The van der Waals surface area contributed by atoms with Crippen LogP contribution in [0.4, 0.5) is 0 Å². The summed E-state index contributed by atoms with van der Waals surface area (Å²) in [5.41, 5.74) is 4.05. The van der Waals surface area contributed by atoms with Gasteiger partial charge in [-0.15, -0.1) is 0 Å². The molecule has 4 heterocycles. The van der Waals surface area contributed by atoms with Crippen molar-refractivity contribution in [2.45, 2.75) is 26.8 Å². The summed E-state index contributed by atoms with van der Waals surface area (Å²) in [7, 11) is 0. The van der Waals surface area contributed by atoms with Crippen molar-refractivity contribution in [1.82, 2.24) is 18.9 Å².